The number of hydrogen-bond acceptors (Lipinski definition) is 4. The van der Waals surface area contributed by atoms with Gasteiger partial charge in [0.1, 0.15) is 11.5 Å². The molecule has 5 nitrogen and oxygen atoms in total. The van der Waals surface area contributed by atoms with E-state index in [-0.39, 0.29) is 0 Å². The van der Waals surface area contributed by atoms with E-state index < -0.39 is 11.6 Å². The predicted molar refractivity (Wildman–Crippen MR) is 115 cm³/mol. The highest BCUT2D eigenvalue weighted by Crippen LogP contribution is 2.43. The molecule has 0 saturated heterocycles. The maximum Gasteiger partial charge on any atom is 0.348 e. The lowest BCUT2D eigenvalue weighted by Gasteiger charge is -2.23. The molecule has 0 amide bonds. The van der Waals surface area contributed by atoms with Gasteiger partial charge in [-0.1, -0.05) is 19.3 Å². The van der Waals surface area contributed by atoms with E-state index in [0.717, 1.165) is 40.9 Å². The number of carboxylic acid groups (broad SMARTS) is 1. The molecule has 0 spiro atoms. The third-order valence-electron chi connectivity index (χ3n) is 6.92. The number of aliphatic carboxylic acids is 1. The number of rotatable bonds is 6. The Kier molecular flexibility index (Phi) is 5.48. The second-order valence-electron chi connectivity index (χ2n) is 9.04. The average Bonchev–Trinajstić information content (AvgIpc) is 3.52. The molecule has 0 aliphatic heterocycles. The summed E-state index contributed by atoms with van der Waals surface area (Å²) in [6.45, 7) is 6.09. The number of carbonyl (C=O) groups is 1. The second kappa shape index (κ2) is 7.93. The zero-order valence-electron chi connectivity index (χ0n) is 18.1. The lowest BCUT2D eigenvalue weighted by atomic mass is 9.86. The van der Waals surface area contributed by atoms with Gasteiger partial charge in [0, 0.05) is 30.9 Å². The lowest BCUT2D eigenvalue weighted by Crippen LogP contribution is -2.29. The molecule has 2 saturated carbocycles. The molecular formula is C25H31NO4. The first-order chi connectivity index (χ1) is 14.3. The molecule has 0 atom stereocenters. The van der Waals surface area contributed by atoms with E-state index in [1.165, 1.54) is 24.8 Å². The number of benzene rings is 1. The first kappa shape index (κ1) is 20.7. The van der Waals surface area contributed by atoms with Crippen molar-refractivity contribution in [3.63, 3.8) is 0 Å². The molecule has 0 radical (unpaired) electrons. The predicted octanol–water partition coefficient (Wildman–Crippen LogP) is 5.35. The summed E-state index contributed by atoms with van der Waals surface area (Å²) in [6.07, 6.45) is 7.66. The second-order valence-corrected chi connectivity index (χ2v) is 9.04. The summed E-state index contributed by atoms with van der Waals surface area (Å²) in [4.78, 5) is 16.4. The van der Waals surface area contributed by atoms with Crippen LogP contribution in [0.3, 0.4) is 0 Å². The van der Waals surface area contributed by atoms with Gasteiger partial charge in [-0.25, -0.2) is 4.79 Å². The lowest BCUT2D eigenvalue weighted by molar-refractivity contribution is -0.147. The third kappa shape index (κ3) is 3.90. The summed E-state index contributed by atoms with van der Waals surface area (Å²) in [5.41, 5.74) is 5.11. The number of aryl methyl sites for hydroxylation is 1. The van der Waals surface area contributed by atoms with E-state index in [1.54, 1.807) is 6.07 Å². The van der Waals surface area contributed by atoms with Gasteiger partial charge in [0.05, 0.1) is 5.69 Å². The Hall–Kier alpha value is -2.56. The average molecular weight is 410 g/mol. The van der Waals surface area contributed by atoms with E-state index in [9.17, 15) is 15.0 Å². The molecule has 1 heterocycles. The molecule has 2 N–H and O–H groups in total. The van der Waals surface area contributed by atoms with Crippen LogP contribution in [-0.4, -0.2) is 26.8 Å². The Labute approximate surface area is 178 Å². The van der Waals surface area contributed by atoms with E-state index in [4.69, 9.17) is 9.72 Å². The minimum atomic E-state index is -1.04. The zero-order chi connectivity index (χ0) is 21.5. The van der Waals surface area contributed by atoms with Gasteiger partial charge >= 0.3 is 5.97 Å². The molecule has 2 aromatic rings. The molecule has 30 heavy (non-hydrogen) atoms. The molecule has 2 fully saturated rings. The number of aromatic hydroxyl groups is 1. The van der Waals surface area contributed by atoms with E-state index in [1.807, 2.05) is 26.0 Å². The van der Waals surface area contributed by atoms with Crippen LogP contribution >= 0.6 is 0 Å². The highest BCUT2D eigenvalue weighted by molar-refractivity contribution is 5.81. The summed E-state index contributed by atoms with van der Waals surface area (Å²) in [5.74, 6) is 0.437. The quantitative estimate of drug-likeness (QED) is 0.672. The summed E-state index contributed by atoms with van der Waals surface area (Å²) in [6, 6.07) is 5.65. The van der Waals surface area contributed by atoms with Crippen LogP contribution in [0.1, 0.15) is 84.5 Å². The number of carboxylic acids is 1. The van der Waals surface area contributed by atoms with Crippen molar-refractivity contribution in [2.75, 3.05) is 0 Å². The molecule has 5 heteroatoms. The van der Waals surface area contributed by atoms with Crippen molar-refractivity contribution < 1.29 is 19.7 Å². The summed E-state index contributed by atoms with van der Waals surface area (Å²) < 4.78 is 5.94. The molecule has 4 rings (SSSR count). The molecule has 0 bridgehead atoms. The van der Waals surface area contributed by atoms with Crippen LogP contribution in [0, 0.1) is 20.8 Å². The van der Waals surface area contributed by atoms with Crippen molar-refractivity contribution in [2.24, 2.45) is 0 Å². The van der Waals surface area contributed by atoms with Crippen LogP contribution in [0.2, 0.25) is 0 Å². The minimum absolute atomic E-state index is 0.308. The standard InChI is InChI=1S/C25H31NO4/c1-15-13-22(30-25(11-12-25)24(28)29)17(3)16(2)20(15)14-19-9-10-21(27)23(26-19)18-7-5-4-6-8-18/h9-10,13,18,27H,4-8,11-12,14H2,1-3H3,(H,28,29). The van der Waals surface area contributed by atoms with Crippen molar-refractivity contribution in [1.29, 1.82) is 0 Å². The summed E-state index contributed by atoms with van der Waals surface area (Å²) in [5, 5.41) is 19.8. The van der Waals surface area contributed by atoms with Gasteiger partial charge in [-0.05, 0) is 74.1 Å². The molecule has 0 unspecified atom stereocenters. The Bertz CT molecular complexity index is 972. The highest BCUT2D eigenvalue weighted by Gasteiger charge is 2.53. The van der Waals surface area contributed by atoms with Crippen LogP contribution in [0.5, 0.6) is 11.5 Å². The maximum atomic E-state index is 11.5. The van der Waals surface area contributed by atoms with Gasteiger partial charge in [-0.2, -0.15) is 0 Å². The van der Waals surface area contributed by atoms with Gasteiger partial charge < -0.3 is 14.9 Å². The topological polar surface area (TPSA) is 79.7 Å². The van der Waals surface area contributed by atoms with Crippen LogP contribution in [0.25, 0.3) is 0 Å². The number of nitrogens with zero attached hydrogens (tertiary/aromatic N) is 1. The van der Waals surface area contributed by atoms with E-state index in [2.05, 4.69) is 6.92 Å². The monoisotopic (exact) mass is 409 g/mol. The van der Waals surface area contributed by atoms with Gasteiger partial charge in [0.2, 0.25) is 5.60 Å². The smallest absolute Gasteiger partial charge is 0.348 e. The number of ether oxygens (including phenoxy) is 1. The summed E-state index contributed by atoms with van der Waals surface area (Å²) in [7, 11) is 0. The molecule has 160 valence electrons. The van der Waals surface area contributed by atoms with Crippen LogP contribution < -0.4 is 4.74 Å². The van der Waals surface area contributed by atoms with Crippen molar-refractivity contribution in [1.82, 2.24) is 4.98 Å². The Balaban J connectivity index is 1.61. The SMILES string of the molecule is Cc1cc(OC2(C(=O)O)CC2)c(C)c(C)c1Cc1ccc(O)c(C2CCCCC2)n1. The summed E-state index contributed by atoms with van der Waals surface area (Å²) >= 11 is 0. The van der Waals surface area contributed by atoms with Gasteiger partial charge in [-0.3, -0.25) is 4.98 Å². The molecule has 2 aliphatic rings. The zero-order valence-corrected chi connectivity index (χ0v) is 18.1. The van der Waals surface area contributed by atoms with Gasteiger partial charge in [-0.15, -0.1) is 0 Å². The molecular weight excluding hydrogens is 378 g/mol. The Morgan fingerprint density at radius 1 is 1.13 bits per heavy atom. The number of pyridine rings is 1. The fraction of sp³-hybridized carbons (Fsp3) is 0.520. The normalized spacial score (nSPS) is 18.2. The third-order valence-corrected chi connectivity index (χ3v) is 6.92. The first-order valence-corrected chi connectivity index (χ1v) is 11.0. The van der Waals surface area contributed by atoms with E-state index >= 15 is 0 Å². The largest absolute Gasteiger partial charge is 0.506 e. The molecule has 2 aliphatic carbocycles. The Morgan fingerprint density at radius 2 is 1.83 bits per heavy atom. The highest BCUT2D eigenvalue weighted by atomic mass is 16.5. The van der Waals surface area contributed by atoms with Crippen LogP contribution in [0.4, 0.5) is 0 Å². The van der Waals surface area contributed by atoms with E-state index in [0.29, 0.717) is 36.7 Å². The minimum Gasteiger partial charge on any atom is -0.506 e. The van der Waals surface area contributed by atoms with Crippen molar-refractivity contribution in [3.05, 3.63) is 51.8 Å². The Morgan fingerprint density at radius 3 is 2.47 bits per heavy atom. The first-order valence-electron chi connectivity index (χ1n) is 11.0. The van der Waals surface area contributed by atoms with Crippen LogP contribution in [-0.2, 0) is 11.2 Å². The van der Waals surface area contributed by atoms with Crippen molar-refractivity contribution in [2.45, 2.75) is 83.7 Å². The van der Waals surface area contributed by atoms with Gasteiger partial charge in [0.15, 0.2) is 0 Å². The van der Waals surface area contributed by atoms with Crippen molar-refractivity contribution >= 4 is 5.97 Å². The molecule has 1 aromatic heterocycles. The van der Waals surface area contributed by atoms with Crippen LogP contribution in [0.15, 0.2) is 18.2 Å². The number of hydrogen-bond donors (Lipinski definition) is 2. The van der Waals surface area contributed by atoms with Gasteiger partial charge in [0.25, 0.3) is 0 Å². The fourth-order valence-electron chi connectivity index (χ4n) is 4.63. The van der Waals surface area contributed by atoms with Crippen molar-refractivity contribution in [3.8, 4) is 11.5 Å². The fourth-order valence-corrected chi connectivity index (χ4v) is 4.63. The molecule has 1 aromatic carbocycles. The number of aromatic nitrogens is 1. The maximum absolute atomic E-state index is 11.5.